The normalized spacial score (nSPS) is 17.7. The maximum absolute atomic E-state index is 12.4. The van der Waals surface area contributed by atoms with E-state index in [-0.39, 0.29) is 5.91 Å². The van der Waals surface area contributed by atoms with Gasteiger partial charge in [-0.1, -0.05) is 24.4 Å². The molecule has 1 heterocycles. The first-order chi connectivity index (χ1) is 8.57. The van der Waals surface area contributed by atoms with E-state index in [0.29, 0.717) is 17.4 Å². The topological polar surface area (TPSA) is 68.0 Å². The van der Waals surface area contributed by atoms with E-state index >= 15 is 0 Å². The van der Waals surface area contributed by atoms with Gasteiger partial charge in [0.25, 0.3) is 0 Å². The van der Waals surface area contributed by atoms with Crippen LogP contribution in [0.2, 0.25) is 5.15 Å². The largest absolute Gasteiger partial charge is 0.329 e. The average Bonchev–Trinajstić information content (AvgIpc) is 2.82. The van der Waals surface area contributed by atoms with Crippen LogP contribution in [0.3, 0.4) is 0 Å². The molecule has 1 aliphatic rings. The van der Waals surface area contributed by atoms with Gasteiger partial charge in [0.15, 0.2) is 0 Å². The van der Waals surface area contributed by atoms with Crippen molar-refractivity contribution in [2.75, 3.05) is 11.9 Å². The number of amides is 1. The fourth-order valence-corrected chi connectivity index (χ4v) is 2.68. The number of hydrogen-bond donors (Lipinski definition) is 2. The molecule has 0 spiro atoms. The zero-order valence-corrected chi connectivity index (χ0v) is 11.3. The lowest BCUT2D eigenvalue weighted by Crippen LogP contribution is -2.40. The number of pyridine rings is 1. The van der Waals surface area contributed by atoms with E-state index < -0.39 is 5.41 Å². The van der Waals surface area contributed by atoms with E-state index in [1.54, 1.807) is 12.1 Å². The number of nitrogens with one attached hydrogen (secondary N) is 1. The van der Waals surface area contributed by atoms with E-state index in [0.717, 1.165) is 31.4 Å². The molecule has 3 N–H and O–H groups in total. The fraction of sp³-hybridized carbons (Fsp3) is 0.538. The summed E-state index contributed by atoms with van der Waals surface area (Å²) in [6.07, 6.45) is 3.88. The van der Waals surface area contributed by atoms with Gasteiger partial charge in [0.2, 0.25) is 5.91 Å². The lowest BCUT2D eigenvalue weighted by atomic mass is 9.85. The molecule has 2 rings (SSSR count). The summed E-state index contributed by atoms with van der Waals surface area (Å²) in [6, 6.07) is 3.45. The lowest BCUT2D eigenvalue weighted by Gasteiger charge is -2.26. The Kier molecular flexibility index (Phi) is 3.88. The van der Waals surface area contributed by atoms with E-state index in [9.17, 15) is 4.79 Å². The van der Waals surface area contributed by atoms with Crippen molar-refractivity contribution in [3.8, 4) is 0 Å². The molecule has 0 aromatic carbocycles. The van der Waals surface area contributed by atoms with Crippen LogP contribution >= 0.6 is 11.6 Å². The zero-order valence-electron chi connectivity index (χ0n) is 10.5. The molecule has 1 amide bonds. The standard InChI is InChI=1S/C13H18ClN3O/c1-9-10(4-5-11(14)16-9)17-12(18)13(8-15)6-2-3-7-13/h4-5H,2-3,6-8,15H2,1H3,(H,17,18). The molecule has 1 aliphatic carbocycles. The van der Waals surface area contributed by atoms with Crippen molar-refractivity contribution in [3.05, 3.63) is 23.0 Å². The molecule has 0 unspecified atom stereocenters. The number of aryl methyl sites for hydroxylation is 1. The molecule has 18 heavy (non-hydrogen) atoms. The second kappa shape index (κ2) is 5.24. The van der Waals surface area contributed by atoms with E-state index in [1.165, 1.54) is 0 Å². The number of anilines is 1. The Hall–Kier alpha value is -1.13. The maximum atomic E-state index is 12.4. The number of hydrogen-bond acceptors (Lipinski definition) is 3. The van der Waals surface area contributed by atoms with Crippen LogP contribution in [0, 0.1) is 12.3 Å². The smallest absolute Gasteiger partial charge is 0.231 e. The number of nitrogens with two attached hydrogens (primary N) is 1. The van der Waals surface area contributed by atoms with Crippen LogP contribution in [-0.2, 0) is 4.79 Å². The molecular formula is C13H18ClN3O. The van der Waals surface area contributed by atoms with Gasteiger partial charge in [0.1, 0.15) is 5.15 Å². The predicted octanol–water partition coefficient (Wildman–Crippen LogP) is 2.50. The summed E-state index contributed by atoms with van der Waals surface area (Å²) in [5, 5.41) is 3.36. The molecule has 1 saturated carbocycles. The van der Waals surface area contributed by atoms with Crippen molar-refractivity contribution in [3.63, 3.8) is 0 Å². The Labute approximate surface area is 112 Å². The Bertz CT molecular complexity index is 456. The lowest BCUT2D eigenvalue weighted by molar-refractivity contribution is -0.124. The molecule has 1 aromatic rings. The minimum absolute atomic E-state index is 0.00900. The molecule has 0 bridgehead atoms. The molecule has 5 heteroatoms. The molecular weight excluding hydrogens is 250 g/mol. The van der Waals surface area contributed by atoms with Crippen LogP contribution in [0.1, 0.15) is 31.4 Å². The van der Waals surface area contributed by atoms with Gasteiger partial charge in [-0.15, -0.1) is 0 Å². The maximum Gasteiger partial charge on any atom is 0.231 e. The molecule has 1 aromatic heterocycles. The second-order valence-electron chi connectivity index (χ2n) is 4.91. The summed E-state index contributed by atoms with van der Waals surface area (Å²) in [5.74, 6) is 0.00900. The summed E-state index contributed by atoms with van der Waals surface area (Å²) in [7, 11) is 0. The predicted molar refractivity (Wildman–Crippen MR) is 72.6 cm³/mol. The number of rotatable bonds is 3. The van der Waals surface area contributed by atoms with Gasteiger partial charge in [0, 0.05) is 6.54 Å². The van der Waals surface area contributed by atoms with Crippen LogP contribution in [0.4, 0.5) is 5.69 Å². The number of carbonyl (C=O) groups excluding carboxylic acids is 1. The SMILES string of the molecule is Cc1nc(Cl)ccc1NC(=O)C1(CN)CCCC1. The molecule has 0 radical (unpaired) electrons. The van der Waals surface area contributed by atoms with Gasteiger partial charge < -0.3 is 11.1 Å². The highest BCUT2D eigenvalue weighted by molar-refractivity contribution is 6.29. The van der Waals surface area contributed by atoms with Gasteiger partial charge in [0.05, 0.1) is 16.8 Å². The average molecular weight is 268 g/mol. The molecule has 0 atom stereocenters. The van der Waals surface area contributed by atoms with Crippen LogP contribution in [0.5, 0.6) is 0 Å². The third kappa shape index (κ3) is 2.49. The van der Waals surface area contributed by atoms with Gasteiger partial charge in [-0.2, -0.15) is 0 Å². The van der Waals surface area contributed by atoms with Crippen LogP contribution in [0.15, 0.2) is 12.1 Å². The van der Waals surface area contributed by atoms with Gasteiger partial charge in [-0.25, -0.2) is 4.98 Å². The van der Waals surface area contributed by atoms with Crippen LogP contribution in [-0.4, -0.2) is 17.4 Å². The van der Waals surface area contributed by atoms with Crippen molar-refractivity contribution in [1.82, 2.24) is 4.98 Å². The summed E-state index contributed by atoms with van der Waals surface area (Å²) < 4.78 is 0. The van der Waals surface area contributed by atoms with Gasteiger partial charge in [-0.3, -0.25) is 4.79 Å². The summed E-state index contributed by atoms with van der Waals surface area (Å²) in [6.45, 7) is 2.23. The Morgan fingerprint density at radius 3 is 2.72 bits per heavy atom. The number of aromatic nitrogens is 1. The molecule has 1 fully saturated rings. The third-order valence-corrected chi connectivity index (χ3v) is 3.94. The van der Waals surface area contributed by atoms with Gasteiger partial charge >= 0.3 is 0 Å². The molecule has 0 aliphatic heterocycles. The summed E-state index contributed by atoms with van der Waals surface area (Å²) in [4.78, 5) is 16.5. The number of nitrogens with zero attached hydrogens (tertiary/aromatic N) is 1. The molecule has 4 nitrogen and oxygen atoms in total. The highest BCUT2D eigenvalue weighted by Crippen LogP contribution is 2.38. The summed E-state index contributed by atoms with van der Waals surface area (Å²) in [5.41, 5.74) is 6.83. The van der Waals surface area contributed by atoms with E-state index in [1.807, 2.05) is 6.92 Å². The highest BCUT2D eigenvalue weighted by atomic mass is 35.5. The van der Waals surface area contributed by atoms with Crippen molar-refractivity contribution in [1.29, 1.82) is 0 Å². The Morgan fingerprint density at radius 1 is 1.50 bits per heavy atom. The van der Waals surface area contributed by atoms with Gasteiger partial charge in [-0.05, 0) is 31.9 Å². The number of carbonyl (C=O) groups is 1. The zero-order chi connectivity index (χ0) is 13.2. The van der Waals surface area contributed by atoms with Crippen molar-refractivity contribution >= 4 is 23.2 Å². The minimum Gasteiger partial charge on any atom is -0.329 e. The quantitative estimate of drug-likeness (QED) is 0.827. The monoisotopic (exact) mass is 267 g/mol. The van der Waals surface area contributed by atoms with Crippen LogP contribution in [0.25, 0.3) is 0 Å². The molecule has 0 saturated heterocycles. The first-order valence-electron chi connectivity index (χ1n) is 6.22. The van der Waals surface area contributed by atoms with E-state index in [2.05, 4.69) is 10.3 Å². The second-order valence-corrected chi connectivity index (χ2v) is 5.30. The Balaban J connectivity index is 2.15. The number of halogens is 1. The Morgan fingerprint density at radius 2 is 2.17 bits per heavy atom. The van der Waals surface area contributed by atoms with Crippen LogP contribution < -0.4 is 11.1 Å². The minimum atomic E-state index is -0.397. The summed E-state index contributed by atoms with van der Waals surface area (Å²) >= 11 is 5.79. The highest BCUT2D eigenvalue weighted by Gasteiger charge is 2.39. The first-order valence-corrected chi connectivity index (χ1v) is 6.60. The first kappa shape index (κ1) is 13.3. The third-order valence-electron chi connectivity index (χ3n) is 3.73. The fourth-order valence-electron chi connectivity index (χ4n) is 2.49. The molecule has 98 valence electrons. The van der Waals surface area contributed by atoms with E-state index in [4.69, 9.17) is 17.3 Å². The van der Waals surface area contributed by atoms with Crippen molar-refractivity contribution in [2.45, 2.75) is 32.6 Å². The van der Waals surface area contributed by atoms with Crippen molar-refractivity contribution < 1.29 is 4.79 Å². The van der Waals surface area contributed by atoms with Crippen molar-refractivity contribution in [2.24, 2.45) is 11.1 Å².